The quantitative estimate of drug-likeness (QED) is 0.431. The summed E-state index contributed by atoms with van der Waals surface area (Å²) >= 11 is 0. The van der Waals surface area contributed by atoms with Crippen LogP contribution in [-0.4, -0.2) is 0 Å². The summed E-state index contributed by atoms with van der Waals surface area (Å²) in [5, 5.41) is 0. The summed E-state index contributed by atoms with van der Waals surface area (Å²) in [4.78, 5) is 0. The van der Waals surface area contributed by atoms with E-state index in [1.54, 1.807) is 0 Å². The van der Waals surface area contributed by atoms with Crippen LogP contribution in [0.4, 0.5) is 0 Å². The van der Waals surface area contributed by atoms with Crippen molar-refractivity contribution in [3.63, 3.8) is 0 Å². The summed E-state index contributed by atoms with van der Waals surface area (Å²) in [6, 6.07) is 0. The molecular weight excluding hydrogens is 330 g/mol. The van der Waals surface area contributed by atoms with E-state index in [0.29, 0.717) is 0 Å². The molecule has 3 aliphatic carbocycles. The minimum atomic E-state index is 0. The van der Waals surface area contributed by atoms with Crippen LogP contribution < -0.4 is 24.8 Å². The summed E-state index contributed by atoms with van der Waals surface area (Å²) in [5.41, 5.74) is 0. The zero-order chi connectivity index (χ0) is 9.64. The standard InChI is InChI=1S/C9H11.C5H5.2ClH.Zr/c1-2-5-9-7-3-6-8(9)4-1;1-2-4-5-3-1;;;/h1-2,4-6,8-9H,3,7H2;1-3H,4H2;2*1H;/q2*-1;;;+4/p-2. The molecule has 0 amide bonds. The molecule has 3 aliphatic rings. The second-order valence-corrected chi connectivity index (χ2v) is 3.83. The van der Waals surface area contributed by atoms with Crippen molar-refractivity contribution in [2.45, 2.75) is 19.3 Å². The number of allylic oxidation sites excluding steroid dienone is 8. The average Bonchev–Trinajstić information content (AvgIpc) is 2.92. The van der Waals surface area contributed by atoms with Gasteiger partial charge < -0.3 is 31.2 Å². The predicted octanol–water partition coefficient (Wildman–Crippen LogP) is -2.35. The molecule has 0 aromatic rings. The van der Waals surface area contributed by atoms with Crippen LogP contribution >= 0.6 is 0 Å². The first-order chi connectivity index (χ1) is 6.97. The van der Waals surface area contributed by atoms with E-state index >= 15 is 0 Å². The van der Waals surface area contributed by atoms with Gasteiger partial charge in [0.15, 0.2) is 0 Å². The Hall–Kier alpha value is 0.423. The van der Waals surface area contributed by atoms with E-state index < -0.39 is 0 Å². The van der Waals surface area contributed by atoms with Crippen molar-refractivity contribution in [2.75, 3.05) is 0 Å². The topological polar surface area (TPSA) is 0 Å². The third-order valence-electron chi connectivity index (χ3n) is 2.82. The molecule has 1 fully saturated rings. The fourth-order valence-corrected chi connectivity index (χ4v) is 2.03. The van der Waals surface area contributed by atoms with Crippen LogP contribution in [0.5, 0.6) is 0 Å². The van der Waals surface area contributed by atoms with Gasteiger partial charge in [0.1, 0.15) is 0 Å². The first-order valence-electron chi connectivity index (χ1n) is 5.37. The molecule has 0 aliphatic heterocycles. The molecule has 0 nitrogen and oxygen atoms in total. The Kier molecular flexibility index (Phi) is 13.4. The first kappa shape index (κ1) is 19.8. The molecule has 2 atom stereocenters. The van der Waals surface area contributed by atoms with Gasteiger partial charge in [0.2, 0.25) is 0 Å². The molecule has 2 unspecified atom stereocenters. The van der Waals surface area contributed by atoms with Gasteiger partial charge in [-0.05, 0) is 5.92 Å². The number of rotatable bonds is 0. The average molecular weight is 346 g/mol. The van der Waals surface area contributed by atoms with E-state index in [-0.39, 0.29) is 51.0 Å². The molecule has 0 aromatic carbocycles. The van der Waals surface area contributed by atoms with Gasteiger partial charge in [0, 0.05) is 0 Å². The molecule has 0 heterocycles. The largest absolute Gasteiger partial charge is 4.00 e. The van der Waals surface area contributed by atoms with Gasteiger partial charge in [-0.25, -0.2) is 12.2 Å². The van der Waals surface area contributed by atoms with Gasteiger partial charge in [0.05, 0.1) is 0 Å². The summed E-state index contributed by atoms with van der Waals surface area (Å²) in [7, 11) is 0. The van der Waals surface area contributed by atoms with E-state index in [9.17, 15) is 0 Å². The number of fused-ring (bicyclic) bond motifs is 1. The molecule has 0 bridgehead atoms. The third-order valence-corrected chi connectivity index (χ3v) is 2.82. The van der Waals surface area contributed by atoms with Crippen LogP contribution in [0, 0.1) is 24.3 Å². The van der Waals surface area contributed by atoms with Gasteiger partial charge in [-0.1, -0.05) is 24.6 Å². The Bertz CT molecular complexity index is 265. The fraction of sp³-hybridized carbons (Fsp3) is 0.357. The van der Waals surface area contributed by atoms with E-state index in [1.165, 1.54) is 12.8 Å². The summed E-state index contributed by atoms with van der Waals surface area (Å²) in [5.74, 6) is 1.62. The molecule has 0 radical (unpaired) electrons. The number of hydrogen-bond donors (Lipinski definition) is 0. The molecule has 1 saturated carbocycles. The van der Waals surface area contributed by atoms with Crippen LogP contribution in [0.25, 0.3) is 0 Å². The molecule has 17 heavy (non-hydrogen) atoms. The Morgan fingerprint density at radius 1 is 1.06 bits per heavy atom. The van der Waals surface area contributed by atoms with Gasteiger partial charge in [-0.2, -0.15) is 12.5 Å². The van der Waals surface area contributed by atoms with Crippen LogP contribution in [0.1, 0.15) is 19.3 Å². The molecule has 3 heteroatoms. The number of halogens is 2. The third kappa shape index (κ3) is 6.79. The van der Waals surface area contributed by atoms with Crippen molar-refractivity contribution in [1.29, 1.82) is 0 Å². The Balaban J connectivity index is 0. The van der Waals surface area contributed by atoms with E-state index in [2.05, 4.69) is 42.9 Å². The molecule has 3 rings (SSSR count). The van der Waals surface area contributed by atoms with Crippen molar-refractivity contribution >= 4 is 0 Å². The van der Waals surface area contributed by atoms with Crippen molar-refractivity contribution in [3.8, 4) is 0 Å². The minimum Gasteiger partial charge on any atom is -1.00 e. The van der Waals surface area contributed by atoms with Gasteiger partial charge in [-0.3, -0.25) is 6.08 Å². The first-order valence-corrected chi connectivity index (χ1v) is 5.37. The van der Waals surface area contributed by atoms with E-state index in [4.69, 9.17) is 0 Å². The monoisotopic (exact) mass is 344 g/mol. The maximum atomic E-state index is 2.99. The van der Waals surface area contributed by atoms with Crippen molar-refractivity contribution in [1.82, 2.24) is 0 Å². The van der Waals surface area contributed by atoms with Gasteiger partial charge in [-0.15, -0.1) is 18.4 Å². The smallest absolute Gasteiger partial charge is 1.00 e. The Morgan fingerprint density at radius 2 is 1.82 bits per heavy atom. The maximum absolute atomic E-state index is 2.99. The normalized spacial score (nSPS) is 25.9. The zero-order valence-electron chi connectivity index (χ0n) is 9.65. The Labute approximate surface area is 136 Å². The summed E-state index contributed by atoms with van der Waals surface area (Å²) in [6.07, 6.45) is 24.1. The summed E-state index contributed by atoms with van der Waals surface area (Å²) < 4.78 is 0. The second-order valence-electron chi connectivity index (χ2n) is 3.83. The van der Waals surface area contributed by atoms with E-state index in [1.807, 2.05) is 12.2 Å². The van der Waals surface area contributed by atoms with Gasteiger partial charge in [0.25, 0.3) is 0 Å². The molecule has 0 aromatic heterocycles. The Morgan fingerprint density at radius 3 is 2.35 bits per heavy atom. The van der Waals surface area contributed by atoms with Crippen molar-refractivity contribution < 1.29 is 51.0 Å². The summed E-state index contributed by atoms with van der Waals surface area (Å²) in [6.45, 7) is 0. The SMILES string of the molecule is C1=CC2[CH-]CCC2C=C1.[C-]1=CC=CC1.[Cl-].[Cl-].[Zr+4]. The zero-order valence-corrected chi connectivity index (χ0v) is 13.6. The molecule has 0 spiro atoms. The number of hydrogen-bond acceptors (Lipinski definition) is 0. The maximum Gasteiger partial charge on any atom is 4.00 e. The molecular formula is C14H16Cl2Zr. The van der Waals surface area contributed by atoms with Crippen LogP contribution in [-0.2, 0) is 26.2 Å². The molecule has 90 valence electrons. The van der Waals surface area contributed by atoms with Crippen molar-refractivity contribution in [3.05, 3.63) is 55.0 Å². The van der Waals surface area contributed by atoms with Crippen LogP contribution in [0.15, 0.2) is 42.5 Å². The minimum absolute atomic E-state index is 0. The van der Waals surface area contributed by atoms with E-state index in [0.717, 1.165) is 18.3 Å². The predicted molar refractivity (Wildman–Crippen MR) is 60.4 cm³/mol. The van der Waals surface area contributed by atoms with Gasteiger partial charge >= 0.3 is 26.2 Å². The molecule has 0 N–H and O–H groups in total. The second kappa shape index (κ2) is 11.5. The van der Waals surface area contributed by atoms with Crippen molar-refractivity contribution in [2.24, 2.45) is 11.8 Å². The fourth-order valence-electron chi connectivity index (χ4n) is 2.03. The van der Waals surface area contributed by atoms with Crippen LogP contribution in [0.2, 0.25) is 0 Å². The van der Waals surface area contributed by atoms with Crippen LogP contribution in [0.3, 0.4) is 0 Å². The molecule has 0 saturated heterocycles.